The Morgan fingerprint density at radius 3 is 2.67 bits per heavy atom. The minimum Gasteiger partial charge on any atom is -0.260 e. The van der Waals surface area contributed by atoms with Crippen LogP contribution in [0, 0.1) is 11.3 Å². The van der Waals surface area contributed by atoms with Crippen molar-refractivity contribution in [3.05, 3.63) is 29.6 Å². The summed E-state index contributed by atoms with van der Waals surface area (Å²) in [4.78, 5) is 4.17. The lowest BCUT2D eigenvalue weighted by atomic mass is 10.1. The van der Waals surface area contributed by atoms with E-state index in [4.69, 9.17) is 5.26 Å². The van der Waals surface area contributed by atoms with Gasteiger partial charge in [-0.3, -0.25) is 4.98 Å². The predicted molar refractivity (Wildman–Crippen MR) is 47.6 cm³/mol. The van der Waals surface area contributed by atoms with Gasteiger partial charge in [0.2, 0.25) is 0 Å². The molecule has 0 spiro atoms. The van der Waals surface area contributed by atoms with Gasteiger partial charge in [-0.2, -0.15) is 5.26 Å². The molecule has 0 atom stereocenters. The lowest BCUT2D eigenvalue weighted by molar-refractivity contribution is 0.853. The van der Waals surface area contributed by atoms with Crippen LogP contribution in [0.3, 0.4) is 0 Å². The summed E-state index contributed by atoms with van der Waals surface area (Å²) in [5.41, 5.74) is 2.07. The first-order chi connectivity index (χ1) is 5.74. The molecule has 0 saturated heterocycles. The summed E-state index contributed by atoms with van der Waals surface area (Å²) >= 11 is 0. The maximum absolute atomic E-state index is 8.41. The highest BCUT2D eigenvalue weighted by molar-refractivity contribution is 5.18. The summed E-state index contributed by atoms with van der Waals surface area (Å²) in [6.07, 6.45) is 2.25. The fourth-order valence-electron chi connectivity index (χ4n) is 0.963. The maximum atomic E-state index is 8.41. The van der Waals surface area contributed by atoms with Crippen LogP contribution in [0.25, 0.3) is 0 Å². The molecule has 0 amide bonds. The monoisotopic (exact) mass is 160 g/mol. The van der Waals surface area contributed by atoms with Gasteiger partial charge < -0.3 is 0 Å². The van der Waals surface area contributed by atoms with Gasteiger partial charge in [0.25, 0.3) is 0 Å². The predicted octanol–water partition coefficient (Wildman–Crippen LogP) is 2.27. The first kappa shape index (κ1) is 8.73. The van der Waals surface area contributed by atoms with E-state index in [-0.39, 0.29) is 0 Å². The molecular formula is C10H12N2. The smallest absolute Gasteiger partial charge is 0.0774 e. The van der Waals surface area contributed by atoms with Crippen molar-refractivity contribution < 1.29 is 0 Å². The van der Waals surface area contributed by atoms with Crippen molar-refractivity contribution in [3.63, 3.8) is 0 Å². The van der Waals surface area contributed by atoms with Crippen molar-refractivity contribution in [1.82, 2.24) is 4.98 Å². The Labute approximate surface area is 72.9 Å². The van der Waals surface area contributed by atoms with E-state index in [1.54, 1.807) is 0 Å². The quantitative estimate of drug-likeness (QED) is 0.665. The molecule has 1 rings (SSSR count). The molecule has 0 aliphatic carbocycles. The van der Waals surface area contributed by atoms with Crippen molar-refractivity contribution in [2.45, 2.75) is 26.2 Å². The summed E-state index contributed by atoms with van der Waals surface area (Å²) in [6.45, 7) is 4.25. The minimum absolute atomic E-state index is 0.401. The number of hydrogen-bond donors (Lipinski definition) is 0. The molecule has 62 valence electrons. The van der Waals surface area contributed by atoms with E-state index in [1.807, 2.05) is 18.3 Å². The zero-order valence-electron chi connectivity index (χ0n) is 7.41. The van der Waals surface area contributed by atoms with Gasteiger partial charge in [-0.25, -0.2) is 0 Å². The number of rotatable bonds is 2. The number of aromatic nitrogens is 1. The van der Waals surface area contributed by atoms with Crippen LogP contribution in [0.2, 0.25) is 0 Å². The highest BCUT2D eigenvalue weighted by Gasteiger charge is 1.98. The number of nitrogens with zero attached hydrogens (tertiary/aromatic N) is 2. The van der Waals surface area contributed by atoms with Gasteiger partial charge in [0.1, 0.15) is 0 Å². The van der Waals surface area contributed by atoms with Crippen LogP contribution in [0.4, 0.5) is 0 Å². The van der Waals surface area contributed by atoms with E-state index in [2.05, 4.69) is 24.9 Å². The molecule has 0 radical (unpaired) electrons. The van der Waals surface area contributed by atoms with Gasteiger partial charge in [-0.05, 0) is 17.5 Å². The van der Waals surface area contributed by atoms with Crippen LogP contribution in [0.5, 0.6) is 0 Å². The Morgan fingerprint density at radius 2 is 2.25 bits per heavy atom. The average molecular weight is 160 g/mol. The van der Waals surface area contributed by atoms with Crippen LogP contribution >= 0.6 is 0 Å². The number of hydrogen-bond acceptors (Lipinski definition) is 2. The molecule has 2 heteroatoms. The van der Waals surface area contributed by atoms with Crippen LogP contribution < -0.4 is 0 Å². The first-order valence-electron chi connectivity index (χ1n) is 4.06. The highest BCUT2D eigenvalue weighted by Crippen LogP contribution is 2.12. The van der Waals surface area contributed by atoms with Crippen molar-refractivity contribution in [3.8, 4) is 6.07 Å². The third-order valence-electron chi connectivity index (χ3n) is 1.77. The van der Waals surface area contributed by atoms with E-state index in [0.29, 0.717) is 12.3 Å². The Morgan fingerprint density at radius 1 is 1.50 bits per heavy atom. The normalized spacial score (nSPS) is 9.83. The number of nitriles is 1. The van der Waals surface area contributed by atoms with Crippen molar-refractivity contribution >= 4 is 0 Å². The lowest BCUT2D eigenvalue weighted by Gasteiger charge is -2.03. The molecular weight excluding hydrogens is 148 g/mol. The lowest BCUT2D eigenvalue weighted by Crippen LogP contribution is -1.92. The average Bonchev–Trinajstić information content (AvgIpc) is 2.06. The van der Waals surface area contributed by atoms with Gasteiger partial charge in [-0.15, -0.1) is 0 Å². The molecule has 0 aliphatic heterocycles. The zero-order valence-corrected chi connectivity index (χ0v) is 7.41. The van der Waals surface area contributed by atoms with Crippen molar-refractivity contribution in [1.29, 1.82) is 5.26 Å². The van der Waals surface area contributed by atoms with E-state index in [0.717, 1.165) is 5.69 Å². The minimum atomic E-state index is 0.401. The van der Waals surface area contributed by atoms with E-state index >= 15 is 0 Å². The van der Waals surface area contributed by atoms with Gasteiger partial charge in [0, 0.05) is 6.20 Å². The van der Waals surface area contributed by atoms with Crippen LogP contribution in [-0.2, 0) is 6.42 Å². The molecule has 0 bridgehead atoms. The summed E-state index contributed by atoms with van der Waals surface area (Å²) in [5.74, 6) is 0.508. The molecule has 0 fully saturated rings. The third-order valence-corrected chi connectivity index (χ3v) is 1.77. The van der Waals surface area contributed by atoms with Gasteiger partial charge in [-0.1, -0.05) is 19.9 Å². The standard InChI is InChI=1S/C10H12N2/c1-8(2)9-3-4-10(5-6-11)12-7-9/h3-4,7-8H,5H2,1-2H3. The first-order valence-corrected chi connectivity index (χ1v) is 4.06. The zero-order chi connectivity index (χ0) is 8.97. The molecule has 1 aromatic heterocycles. The van der Waals surface area contributed by atoms with Gasteiger partial charge >= 0.3 is 0 Å². The van der Waals surface area contributed by atoms with Crippen molar-refractivity contribution in [2.24, 2.45) is 0 Å². The molecule has 0 saturated carbocycles. The van der Waals surface area contributed by atoms with Gasteiger partial charge in [0.05, 0.1) is 18.2 Å². The summed E-state index contributed by atoms with van der Waals surface area (Å²) in [6, 6.07) is 6.02. The molecule has 1 heterocycles. The summed E-state index contributed by atoms with van der Waals surface area (Å²) < 4.78 is 0. The SMILES string of the molecule is CC(C)c1ccc(CC#N)nc1. The van der Waals surface area contributed by atoms with E-state index in [1.165, 1.54) is 5.56 Å². The Balaban J connectivity index is 2.80. The molecule has 0 unspecified atom stereocenters. The Hall–Kier alpha value is -1.36. The molecule has 2 nitrogen and oxygen atoms in total. The molecule has 0 aliphatic rings. The Kier molecular flexibility index (Phi) is 2.82. The summed E-state index contributed by atoms with van der Waals surface area (Å²) in [7, 11) is 0. The fourth-order valence-corrected chi connectivity index (χ4v) is 0.963. The van der Waals surface area contributed by atoms with E-state index < -0.39 is 0 Å². The van der Waals surface area contributed by atoms with Crippen molar-refractivity contribution in [2.75, 3.05) is 0 Å². The highest BCUT2D eigenvalue weighted by atomic mass is 14.7. The second-order valence-corrected chi connectivity index (χ2v) is 3.07. The number of pyridine rings is 1. The topological polar surface area (TPSA) is 36.7 Å². The maximum Gasteiger partial charge on any atom is 0.0774 e. The van der Waals surface area contributed by atoms with E-state index in [9.17, 15) is 0 Å². The fraction of sp³-hybridized carbons (Fsp3) is 0.400. The molecule has 0 aromatic carbocycles. The molecule has 1 aromatic rings. The third kappa shape index (κ3) is 2.06. The largest absolute Gasteiger partial charge is 0.260 e. The second-order valence-electron chi connectivity index (χ2n) is 3.07. The Bertz CT molecular complexity index is 280. The molecule has 0 N–H and O–H groups in total. The second kappa shape index (κ2) is 3.87. The molecule has 12 heavy (non-hydrogen) atoms. The van der Waals surface area contributed by atoms with Crippen LogP contribution in [-0.4, -0.2) is 4.98 Å². The summed E-state index contributed by atoms with van der Waals surface area (Å²) in [5, 5.41) is 8.41. The van der Waals surface area contributed by atoms with Crippen LogP contribution in [0.15, 0.2) is 18.3 Å². The van der Waals surface area contributed by atoms with Gasteiger partial charge in [0.15, 0.2) is 0 Å². The van der Waals surface area contributed by atoms with Crippen LogP contribution in [0.1, 0.15) is 31.0 Å².